The van der Waals surface area contributed by atoms with E-state index in [1.165, 1.54) is 6.08 Å². The SMILES string of the molecule is C=CC(=O)N(Cc1c(C)nn(C)c1C)c1cccc(CN(CC)C(C)=O)c1. The number of anilines is 1. The van der Waals surface area contributed by atoms with E-state index in [-0.39, 0.29) is 11.8 Å². The third-order valence-corrected chi connectivity index (χ3v) is 4.84. The summed E-state index contributed by atoms with van der Waals surface area (Å²) in [5, 5.41) is 4.44. The number of hydrogen-bond acceptors (Lipinski definition) is 3. The van der Waals surface area contributed by atoms with E-state index in [0.717, 1.165) is 28.2 Å². The average Bonchev–Trinajstić information content (AvgIpc) is 2.88. The molecule has 2 aromatic rings. The van der Waals surface area contributed by atoms with Crippen molar-refractivity contribution in [2.24, 2.45) is 7.05 Å². The molecule has 2 amide bonds. The van der Waals surface area contributed by atoms with Crippen molar-refractivity contribution in [3.8, 4) is 0 Å². The average molecular weight is 368 g/mol. The van der Waals surface area contributed by atoms with Crippen LogP contribution in [0.1, 0.15) is 36.4 Å². The van der Waals surface area contributed by atoms with Gasteiger partial charge in [-0.3, -0.25) is 14.3 Å². The first-order valence-electron chi connectivity index (χ1n) is 9.05. The van der Waals surface area contributed by atoms with Gasteiger partial charge in [-0.1, -0.05) is 18.7 Å². The number of rotatable bonds is 7. The van der Waals surface area contributed by atoms with Gasteiger partial charge in [0.05, 0.1) is 12.2 Å². The molecule has 0 aliphatic rings. The molecule has 0 spiro atoms. The molecule has 0 aliphatic carbocycles. The molecule has 1 aromatic heterocycles. The van der Waals surface area contributed by atoms with E-state index < -0.39 is 0 Å². The van der Waals surface area contributed by atoms with E-state index >= 15 is 0 Å². The number of aryl methyl sites for hydroxylation is 2. The Hall–Kier alpha value is -2.89. The molecular formula is C21H28N4O2. The van der Waals surface area contributed by atoms with Crippen LogP contribution in [0.4, 0.5) is 5.69 Å². The number of amides is 2. The minimum Gasteiger partial charge on any atom is -0.339 e. The molecule has 0 saturated carbocycles. The van der Waals surface area contributed by atoms with E-state index in [9.17, 15) is 9.59 Å². The number of carbonyl (C=O) groups is 2. The van der Waals surface area contributed by atoms with Gasteiger partial charge in [-0.05, 0) is 44.5 Å². The Morgan fingerprint density at radius 2 is 1.96 bits per heavy atom. The van der Waals surface area contributed by atoms with E-state index in [2.05, 4.69) is 11.7 Å². The molecule has 6 nitrogen and oxygen atoms in total. The number of nitrogens with zero attached hydrogens (tertiary/aromatic N) is 4. The summed E-state index contributed by atoms with van der Waals surface area (Å²) in [5.74, 6) is -0.141. The van der Waals surface area contributed by atoms with Gasteiger partial charge in [0.2, 0.25) is 5.91 Å². The summed E-state index contributed by atoms with van der Waals surface area (Å²) in [6.45, 7) is 12.7. The lowest BCUT2D eigenvalue weighted by Gasteiger charge is -2.24. The van der Waals surface area contributed by atoms with Crippen LogP contribution in [0, 0.1) is 13.8 Å². The Labute approximate surface area is 161 Å². The molecule has 0 atom stereocenters. The minimum absolute atomic E-state index is 0.0311. The van der Waals surface area contributed by atoms with Crippen LogP contribution in [0.15, 0.2) is 36.9 Å². The first-order valence-corrected chi connectivity index (χ1v) is 9.05. The minimum atomic E-state index is -0.172. The van der Waals surface area contributed by atoms with Crippen LogP contribution < -0.4 is 4.90 Å². The third-order valence-electron chi connectivity index (χ3n) is 4.84. The van der Waals surface area contributed by atoms with Crippen LogP contribution in [0.3, 0.4) is 0 Å². The second-order valence-corrected chi connectivity index (χ2v) is 6.60. The number of benzene rings is 1. The maximum atomic E-state index is 12.6. The molecule has 1 aromatic carbocycles. The highest BCUT2D eigenvalue weighted by Crippen LogP contribution is 2.23. The van der Waals surface area contributed by atoms with Gasteiger partial charge in [0, 0.05) is 44.0 Å². The molecule has 1 heterocycles. The lowest BCUT2D eigenvalue weighted by Crippen LogP contribution is -2.30. The number of hydrogen-bond donors (Lipinski definition) is 0. The summed E-state index contributed by atoms with van der Waals surface area (Å²) in [6.07, 6.45) is 1.32. The Morgan fingerprint density at radius 1 is 1.26 bits per heavy atom. The zero-order valence-corrected chi connectivity index (χ0v) is 16.8. The van der Waals surface area contributed by atoms with Crippen LogP contribution in [0.25, 0.3) is 0 Å². The molecule has 27 heavy (non-hydrogen) atoms. The van der Waals surface area contributed by atoms with Crippen molar-refractivity contribution in [2.45, 2.75) is 40.8 Å². The summed E-state index contributed by atoms with van der Waals surface area (Å²) in [5.41, 5.74) is 4.71. The Morgan fingerprint density at radius 3 is 2.48 bits per heavy atom. The zero-order chi connectivity index (χ0) is 20.1. The van der Waals surface area contributed by atoms with Gasteiger partial charge in [0.25, 0.3) is 5.91 Å². The predicted octanol–water partition coefficient (Wildman–Crippen LogP) is 3.12. The highest BCUT2D eigenvalue weighted by Gasteiger charge is 2.19. The molecule has 0 radical (unpaired) electrons. The summed E-state index contributed by atoms with van der Waals surface area (Å²) >= 11 is 0. The number of aromatic nitrogens is 2. The second kappa shape index (κ2) is 8.66. The van der Waals surface area contributed by atoms with Gasteiger partial charge in [-0.2, -0.15) is 5.10 Å². The highest BCUT2D eigenvalue weighted by molar-refractivity contribution is 6.01. The highest BCUT2D eigenvalue weighted by atomic mass is 16.2. The molecule has 0 fully saturated rings. The normalized spacial score (nSPS) is 10.6. The van der Waals surface area contributed by atoms with Crippen LogP contribution in [0.5, 0.6) is 0 Å². The van der Waals surface area contributed by atoms with E-state index in [0.29, 0.717) is 19.6 Å². The van der Waals surface area contributed by atoms with Gasteiger partial charge in [0.1, 0.15) is 0 Å². The summed E-state index contributed by atoms with van der Waals surface area (Å²) < 4.78 is 1.82. The van der Waals surface area contributed by atoms with Crippen molar-refractivity contribution in [3.05, 3.63) is 59.4 Å². The van der Waals surface area contributed by atoms with Crippen molar-refractivity contribution >= 4 is 17.5 Å². The first-order chi connectivity index (χ1) is 12.8. The van der Waals surface area contributed by atoms with Crippen LogP contribution >= 0.6 is 0 Å². The van der Waals surface area contributed by atoms with Gasteiger partial charge in [-0.15, -0.1) is 0 Å². The maximum Gasteiger partial charge on any atom is 0.250 e. The standard InChI is InChI=1S/C21H28N4O2/c1-7-21(27)25(14-20-15(3)22-23(6)16(20)4)19-11-9-10-18(12-19)13-24(8-2)17(5)26/h7,9-12H,1,8,13-14H2,2-6H3. The van der Waals surface area contributed by atoms with Gasteiger partial charge in [-0.25, -0.2) is 0 Å². The summed E-state index contributed by atoms with van der Waals surface area (Å²) in [7, 11) is 1.90. The van der Waals surface area contributed by atoms with E-state index in [1.54, 1.807) is 16.7 Å². The molecule has 144 valence electrons. The number of carbonyl (C=O) groups excluding carboxylic acids is 2. The second-order valence-electron chi connectivity index (χ2n) is 6.60. The lowest BCUT2D eigenvalue weighted by atomic mass is 10.1. The quantitative estimate of drug-likeness (QED) is 0.706. The Kier molecular flexibility index (Phi) is 6.55. The molecule has 0 bridgehead atoms. The van der Waals surface area contributed by atoms with Crippen molar-refractivity contribution < 1.29 is 9.59 Å². The van der Waals surface area contributed by atoms with Crippen LogP contribution in [-0.2, 0) is 29.7 Å². The summed E-state index contributed by atoms with van der Waals surface area (Å²) in [4.78, 5) is 27.7. The largest absolute Gasteiger partial charge is 0.339 e. The molecule has 0 saturated heterocycles. The maximum absolute atomic E-state index is 12.6. The molecular weight excluding hydrogens is 340 g/mol. The van der Waals surface area contributed by atoms with E-state index in [1.807, 2.05) is 56.8 Å². The van der Waals surface area contributed by atoms with Crippen LogP contribution in [0.2, 0.25) is 0 Å². The van der Waals surface area contributed by atoms with Crippen molar-refractivity contribution in [1.82, 2.24) is 14.7 Å². The van der Waals surface area contributed by atoms with Crippen molar-refractivity contribution in [1.29, 1.82) is 0 Å². The van der Waals surface area contributed by atoms with E-state index in [4.69, 9.17) is 0 Å². The fourth-order valence-electron chi connectivity index (χ4n) is 3.10. The van der Waals surface area contributed by atoms with Gasteiger partial charge < -0.3 is 9.80 Å². The molecule has 0 aliphatic heterocycles. The molecule has 2 rings (SSSR count). The van der Waals surface area contributed by atoms with Gasteiger partial charge in [0.15, 0.2) is 0 Å². The van der Waals surface area contributed by atoms with Crippen molar-refractivity contribution in [2.75, 3.05) is 11.4 Å². The fourth-order valence-corrected chi connectivity index (χ4v) is 3.10. The Balaban J connectivity index is 2.37. The third kappa shape index (κ3) is 4.64. The molecule has 0 N–H and O–H groups in total. The zero-order valence-electron chi connectivity index (χ0n) is 16.8. The molecule has 6 heteroatoms. The Bertz CT molecular complexity index is 854. The molecule has 0 unspecified atom stereocenters. The first kappa shape index (κ1) is 20.4. The lowest BCUT2D eigenvalue weighted by molar-refractivity contribution is -0.129. The van der Waals surface area contributed by atoms with Crippen LogP contribution in [-0.4, -0.2) is 33.0 Å². The van der Waals surface area contributed by atoms with Crippen molar-refractivity contribution in [3.63, 3.8) is 0 Å². The summed E-state index contributed by atoms with van der Waals surface area (Å²) in [6, 6.07) is 7.72. The monoisotopic (exact) mass is 368 g/mol. The fraction of sp³-hybridized carbons (Fsp3) is 0.381. The topological polar surface area (TPSA) is 58.4 Å². The smallest absolute Gasteiger partial charge is 0.250 e. The van der Waals surface area contributed by atoms with Gasteiger partial charge >= 0.3 is 0 Å². The predicted molar refractivity (Wildman–Crippen MR) is 107 cm³/mol.